The maximum absolute atomic E-state index is 9.14. The average Bonchev–Trinajstić information content (AvgIpc) is 1.75. The summed E-state index contributed by atoms with van der Waals surface area (Å²) in [7, 11) is 0. The molecule has 0 spiro atoms. The van der Waals surface area contributed by atoms with E-state index in [0.29, 0.717) is 0 Å². The minimum Gasteiger partial charge on any atom is 0.00210 e. The summed E-state index contributed by atoms with van der Waals surface area (Å²) in [5.41, 5.74) is 1.88. The van der Waals surface area contributed by atoms with E-state index in [1.165, 1.54) is 0 Å². The lowest BCUT2D eigenvalue weighted by Crippen LogP contribution is -1.67. The molecule has 0 aromatic carbocycles. The SMILES string of the molecule is O=[N+]1NO1. The smallest absolute Gasteiger partial charge is 0.00210 e. The van der Waals surface area contributed by atoms with Crippen LogP contribution in [0.2, 0.25) is 0 Å². The number of hydrogen-bond acceptors (Lipinski definition) is 2. The van der Waals surface area contributed by atoms with Gasteiger partial charge < -0.3 is 0 Å². The van der Waals surface area contributed by atoms with Gasteiger partial charge in [0.1, 0.15) is 10.5 Å². The number of rotatable bonds is 0. The number of nitrogens with zero attached hydrogens (tertiary/aromatic N) is 1. The van der Waals surface area contributed by atoms with Crippen molar-refractivity contribution in [3.05, 3.63) is 4.91 Å². The highest BCUT2D eigenvalue weighted by molar-refractivity contribution is 3.72. The largest absolute Gasteiger partial charge is 0.429 e. The first-order valence-corrected chi connectivity index (χ1v) is 0.793. The van der Waals surface area contributed by atoms with Gasteiger partial charge in [0.15, 0.2) is 0 Å². The third kappa shape index (κ3) is 0.00992. The molecule has 4 heteroatoms. The van der Waals surface area contributed by atoms with E-state index in [4.69, 9.17) is 4.91 Å². The lowest BCUT2D eigenvalue weighted by molar-refractivity contribution is -0.550. The quantitative estimate of drug-likeness (QED) is 0.370. The van der Waals surface area contributed by atoms with Gasteiger partial charge in [0.25, 0.3) is 0 Å². The fourth-order valence-corrected chi connectivity index (χ4v) is 0.0167. The van der Waals surface area contributed by atoms with E-state index in [-0.39, 0.29) is 5.03 Å². The van der Waals surface area contributed by atoms with Gasteiger partial charge in [-0.15, -0.1) is 0 Å². The minimum absolute atomic E-state index is 0.250. The molecule has 0 bridgehead atoms. The van der Waals surface area contributed by atoms with Crippen molar-refractivity contribution in [3.63, 3.8) is 0 Å². The standard InChI is InChI=1S/HN2O2/c3-2-1-4-2/h(H,1,3)/q+1. The summed E-state index contributed by atoms with van der Waals surface area (Å²) < 4.78 is 0. The zero-order chi connectivity index (χ0) is 2.99. The van der Waals surface area contributed by atoms with Crippen molar-refractivity contribution in [1.82, 2.24) is 5.59 Å². The zero-order valence-corrected chi connectivity index (χ0v) is 1.76. The molecule has 1 heterocycles. The van der Waals surface area contributed by atoms with Gasteiger partial charge in [-0.3, -0.25) is 0 Å². The zero-order valence-electron chi connectivity index (χ0n) is 1.76. The van der Waals surface area contributed by atoms with Crippen LogP contribution in [0.4, 0.5) is 0 Å². The normalized spacial score (nSPS) is 17.5. The second kappa shape index (κ2) is 0.180. The van der Waals surface area contributed by atoms with Gasteiger partial charge in [0.2, 0.25) is 0 Å². The molecule has 0 aromatic rings. The first-order chi connectivity index (χ1) is 1.89. The molecule has 1 aliphatic rings. The van der Waals surface area contributed by atoms with Crippen LogP contribution in [0.5, 0.6) is 0 Å². The Kier molecular flexibility index (Phi) is 0.0679. The molecule has 4 nitrogen and oxygen atoms in total. The number of hydrazine groups is 1. The summed E-state index contributed by atoms with van der Waals surface area (Å²) in [6.45, 7) is 0. The van der Waals surface area contributed by atoms with Crippen molar-refractivity contribution in [1.29, 1.82) is 0 Å². The first kappa shape index (κ1) is 1.51. The monoisotopic (exact) mass is 61.0 g/mol. The molecule has 1 aliphatic heterocycles. The molecule has 0 unspecified atom stereocenters. The van der Waals surface area contributed by atoms with E-state index >= 15 is 0 Å². The summed E-state index contributed by atoms with van der Waals surface area (Å²) in [6, 6.07) is 0. The van der Waals surface area contributed by atoms with Crippen LogP contribution in [0, 0.1) is 4.91 Å². The van der Waals surface area contributed by atoms with Crippen LogP contribution < -0.4 is 5.59 Å². The van der Waals surface area contributed by atoms with Crippen molar-refractivity contribution in [2.24, 2.45) is 0 Å². The van der Waals surface area contributed by atoms with Gasteiger partial charge in [0.05, 0.1) is 0 Å². The molecule has 0 atom stereocenters. The van der Waals surface area contributed by atoms with Crippen molar-refractivity contribution in [3.8, 4) is 0 Å². The summed E-state index contributed by atoms with van der Waals surface area (Å²) >= 11 is 0. The molecule has 4 heavy (non-hydrogen) atoms. The molecule has 0 amide bonds. The average molecular weight is 61.0 g/mol. The number of nitrogens with one attached hydrogen (secondary N) is 1. The highest BCUT2D eigenvalue weighted by Gasteiger charge is 2.30. The van der Waals surface area contributed by atoms with Crippen molar-refractivity contribution >= 4 is 0 Å². The summed E-state index contributed by atoms with van der Waals surface area (Å²) in [5.74, 6) is 0. The Hall–Kier alpha value is -0.800. The second-order valence-electron chi connectivity index (χ2n) is 0.440. The predicted molar refractivity (Wildman–Crippen MR) is 7.85 cm³/mol. The highest BCUT2D eigenvalue weighted by Crippen LogP contribution is 1.75. The van der Waals surface area contributed by atoms with Crippen LogP contribution >= 0.6 is 0 Å². The Morgan fingerprint density at radius 3 is 2.25 bits per heavy atom. The Bertz CT molecular complexity index is 42.0. The van der Waals surface area contributed by atoms with Crippen LogP contribution in [0.3, 0.4) is 0 Å². The lowest BCUT2D eigenvalue weighted by Gasteiger charge is -1.01. The van der Waals surface area contributed by atoms with E-state index in [1.54, 1.807) is 0 Å². The molecule has 1 N–H and O–H groups in total. The molecular weight excluding hydrogens is 60.0 g/mol. The van der Waals surface area contributed by atoms with Gasteiger partial charge >= 0.3 is 5.03 Å². The third-order valence-corrected chi connectivity index (χ3v) is 0.166. The summed E-state index contributed by atoms with van der Waals surface area (Å²) in [5, 5.41) is 0.250. The van der Waals surface area contributed by atoms with E-state index < -0.39 is 0 Å². The van der Waals surface area contributed by atoms with Crippen molar-refractivity contribution < 1.29 is 9.97 Å². The van der Waals surface area contributed by atoms with Crippen molar-refractivity contribution in [2.75, 3.05) is 0 Å². The van der Waals surface area contributed by atoms with Crippen molar-refractivity contribution in [2.45, 2.75) is 0 Å². The molecule has 0 aliphatic carbocycles. The highest BCUT2D eigenvalue weighted by atomic mass is 17.1. The van der Waals surface area contributed by atoms with Gasteiger partial charge in [-0.05, 0) is 0 Å². The maximum atomic E-state index is 9.14. The molecule has 0 aromatic heterocycles. The Morgan fingerprint density at radius 1 is 2.00 bits per heavy atom. The van der Waals surface area contributed by atoms with Crippen LogP contribution in [-0.2, 0) is 4.94 Å². The van der Waals surface area contributed by atoms with E-state index in [9.17, 15) is 0 Å². The first-order valence-electron chi connectivity index (χ1n) is 0.793. The molecule has 1 fully saturated rings. The third-order valence-electron chi connectivity index (χ3n) is 0.166. The van der Waals surface area contributed by atoms with Crippen LogP contribution in [0.15, 0.2) is 0 Å². The predicted octanol–water partition coefficient (Wildman–Crippen LogP) is -0.870. The molecule has 1 saturated heterocycles. The number of hydrogen-bond donors (Lipinski definition) is 1. The van der Waals surface area contributed by atoms with E-state index in [0.717, 1.165) is 0 Å². The molecule has 1 rings (SSSR count). The maximum Gasteiger partial charge on any atom is 0.429 e. The van der Waals surface area contributed by atoms with Gasteiger partial charge in [-0.2, -0.15) is 0 Å². The molecule has 22 valence electrons. The molecule has 0 saturated carbocycles. The summed E-state index contributed by atoms with van der Waals surface area (Å²) in [6.07, 6.45) is 0. The fraction of sp³-hybridized carbons (Fsp3) is 0. The van der Waals surface area contributed by atoms with Gasteiger partial charge in [0, 0.05) is 4.94 Å². The van der Waals surface area contributed by atoms with Crippen LogP contribution in [0.25, 0.3) is 0 Å². The molecular formula is HN2O2+. The second-order valence-corrected chi connectivity index (χ2v) is 0.440. The lowest BCUT2D eigenvalue weighted by atomic mass is 12.9. The van der Waals surface area contributed by atoms with Gasteiger partial charge in [-0.1, -0.05) is 0 Å². The fourth-order valence-electron chi connectivity index (χ4n) is 0.0167. The summed E-state index contributed by atoms with van der Waals surface area (Å²) in [4.78, 5) is 12.9. The molecule has 0 radical (unpaired) electrons. The van der Waals surface area contributed by atoms with E-state index in [2.05, 4.69) is 4.94 Å². The van der Waals surface area contributed by atoms with Crippen LogP contribution in [-0.4, -0.2) is 5.03 Å². The Balaban J connectivity index is 2.60. The minimum atomic E-state index is 0.250. The Labute approximate surface area is 21.8 Å². The Morgan fingerprint density at radius 2 is 2.25 bits per heavy atom. The van der Waals surface area contributed by atoms with Gasteiger partial charge in [-0.25, -0.2) is 0 Å². The van der Waals surface area contributed by atoms with E-state index in [1.807, 2.05) is 5.59 Å². The topological polar surface area (TPSA) is 54.5 Å². The van der Waals surface area contributed by atoms with Crippen LogP contribution in [0.1, 0.15) is 0 Å².